The van der Waals surface area contributed by atoms with Gasteiger partial charge in [0.25, 0.3) is 0 Å². The highest BCUT2D eigenvalue weighted by Crippen LogP contribution is 2.45. The van der Waals surface area contributed by atoms with Crippen LogP contribution in [-0.4, -0.2) is 9.13 Å². The van der Waals surface area contributed by atoms with Crippen molar-refractivity contribution in [2.24, 2.45) is 0 Å². The Balaban J connectivity index is 1.11. The quantitative estimate of drug-likeness (QED) is 0.180. The molecule has 270 valence electrons. The lowest BCUT2D eigenvalue weighted by atomic mass is 9.99. The molecule has 4 nitrogen and oxygen atoms in total. The van der Waals surface area contributed by atoms with Crippen LogP contribution < -0.4 is 0 Å². The van der Waals surface area contributed by atoms with Gasteiger partial charge in [0.15, 0.2) is 11.2 Å². The van der Waals surface area contributed by atoms with Crippen LogP contribution >= 0.6 is 0 Å². The fourth-order valence-corrected chi connectivity index (χ4v) is 9.57. The summed E-state index contributed by atoms with van der Waals surface area (Å²) in [5.74, 6) is 0. The highest BCUT2D eigenvalue weighted by Gasteiger charge is 2.23. The number of nitrogens with zero attached hydrogens (tertiary/aromatic N) is 2. The molecule has 0 aliphatic heterocycles. The Hall–Kier alpha value is -7.82. The smallest absolute Gasteiger partial charge is 0.178 e. The summed E-state index contributed by atoms with van der Waals surface area (Å²) < 4.78 is 18.7. The molecule has 4 heteroatoms. The fourth-order valence-electron chi connectivity index (χ4n) is 9.57. The van der Waals surface area contributed by atoms with Gasteiger partial charge in [0.1, 0.15) is 11.2 Å². The lowest BCUT2D eigenvalue weighted by molar-refractivity contribution is 0.633. The van der Waals surface area contributed by atoms with Crippen molar-refractivity contribution in [1.82, 2.24) is 9.13 Å². The number of para-hydroxylation sites is 4. The number of rotatable bonds is 4. The predicted octanol–water partition coefficient (Wildman–Crippen LogP) is 15.0. The summed E-state index contributed by atoms with van der Waals surface area (Å²) in [4.78, 5) is 0. The summed E-state index contributed by atoms with van der Waals surface area (Å²) >= 11 is 0. The first-order valence-corrected chi connectivity index (χ1v) is 19.8. The molecule has 13 aromatic rings. The van der Waals surface area contributed by atoms with Gasteiger partial charge in [-0.2, -0.15) is 0 Å². The van der Waals surface area contributed by atoms with Crippen molar-refractivity contribution in [1.29, 1.82) is 0 Å². The van der Waals surface area contributed by atoms with E-state index >= 15 is 0 Å². The average Bonchev–Trinajstić information content (AvgIpc) is 4.03. The summed E-state index contributed by atoms with van der Waals surface area (Å²) in [6.07, 6.45) is 0. The molecule has 0 N–H and O–H groups in total. The topological polar surface area (TPSA) is 36.1 Å². The van der Waals surface area contributed by atoms with Gasteiger partial charge in [0, 0.05) is 54.2 Å². The van der Waals surface area contributed by atoms with E-state index in [4.69, 9.17) is 8.83 Å². The number of hydrogen-bond acceptors (Lipinski definition) is 2. The van der Waals surface area contributed by atoms with Crippen molar-refractivity contribution in [2.75, 3.05) is 0 Å². The zero-order chi connectivity index (χ0) is 37.9. The van der Waals surface area contributed by atoms with E-state index < -0.39 is 0 Å². The molecule has 0 saturated heterocycles. The van der Waals surface area contributed by atoms with E-state index in [1.807, 2.05) is 0 Å². The van der Waals surface area contributed by atoms with E-state index in [1.54, 1.807) is 0 Å². The maximum Gasteiger partial charge on any atom is 0.178 e. The predicted molar refractivity (Wildman–Crippen MR) is 241 cm³/mol. The molecule has 0 amide bonds. The van der Waals surface area contributed by atoms with Gasteiger partial charge in [-0.1, -0.05) is 133 Å². The highest BCUT2D eigenvalue weighted by molar-refractivity contribution is 6.21. The largest absolute Gasteiger partial charge is 0.452 e. The first-order chi connectivity index (χ1) is 28.8. The SMILES string of the molecule is c1ccc(-c2cc3oc4c(ccc5c6cc(-n7c8ccccc8c8ccccc87)c(-c7ccccc7)cc6oc54)c3cc2-n2c3ccccc3c3ccccc32)cc1. The Labute approximate surface area is 332 Å². The molecule has 0 bridgehead atoms. The van der Waals surface area contributed by atoms with Gasteiger partial charge in [-0.3, -0.25) is 0 Å². The maximum atomic E-state index is 6.93. The minimum absolute atomic E-state index is 0.752. The van der Waals surface area contributed by atoms with E-state index in [2.05, 4.69) is 203 Å². The van der Waals surface area contributed by atoms with Crippen LogP contribution in [0.4, 0.5) is 0 Å². The molecule has 0 saturated carbocycles. The maximum absolute atomic E-state index is 6.93. The molecule has 58 heavy (non-hydrogen) atoms. The van der Waals surface area contributed by atoms with Gasteiger partial charge in [-0.15, -0.1) is 0 Å². The molecule has 9 aromatic carbocycles. The Morgan fingerprint density at radius 3 is 0.966 bits per heavy atom. The van der Waals surface area contributed by atoms with Crippen LogP contribution in [0.3, 0.4) is 0 Å². The van der Waals surface area contributed by atoms with E-state index in [1.165, 1.54) is 43.6 Å². The van der Waals surface area contributed by atoms with E-state index in [-0.39, 0.29) is 0 Å². The lowest BCUT2D eigenvalue weighted by Gasteiger charge is -2.14. The van der Waals surface area contributed by atoms with Crippen LogP contribution in [0.2, 0.25) is 0 Å². The normalized spacial score (nSPS) is 12.1. The molecular formula is C54H32N2O2. The third-order valence-electron chi connectivity index (χ3n) is 12.1. The van der Waals surface area contributed by atoms with Gasteiger partial charge in [0.2, 0.25) is 0 Å². The molecule has 0 aliphatic carbocycles. The van der Waals surface area contributed by atoms with Gasteiger partial charge in [-0.25, -0.2) is 0 Å². The van der Waals surface area contributed by atoms with Crippen LogP contribution in [0.15, 0.2) is 203 Å². The standard InChI is InChI=1S/C54H32N2O2/c1-3-15-33(16-4-1)41-31-51-43(29-49(41)55-45-23-11-7-19-35(45)36-20-8-12-24-46(36)55)39-27-28-40-44-30-50(56-47-25-13-9-21-37(47)38-22-10-14-26-48(38)56)42(34-17-5-2-6-18-34)32-52(44)58-54(40)53(39)57-51/h1-32H. The van der Waals surface area contributed by atoms with E-state index in [0.29, 0.717) is 0 Å². The first-order valence-electron chi connectivity index (χ1n) is 19.8. The Bertz CT molecular complexity index is 3430. The van der Waals surface area contributed by atoms with Crippen molar-refractivity contribution in [3.05, 3.63) is 194 Å². The molecule has 0 radical (unpaired) electrons. The van der Waals surface area contributed by atoms with Crippen molar-refractivity contribution in [3.8, 4) is 33.6 Å². The van der Waals surface area contributed by atoms with Gasteiger partial charge in [-0.05, 0) is 71.8 Å². The van der Waals surface area contributed by atoms with Gasteiger partial charge < -0.3 is 18.0 Å². The van der Waals surface area contributed by atoms with Crippen LogP contribution in [0, 0.1) is 0 Å². The van der Waals surface area contributed by atoms with Crippen LogP contribution in [0.1, 0.15) is 0 Å². The fraction of sp³-hybridized carbons (Fsp3) is 0. The van der Waals surface area contributed by atoms with Crippen molar-refractivity contribution >= 4 is 87.5 Å². The van der Waals surface area contributed by atoms with Crippen LogP contribution in [0.5, 0.6) is 0 Å². The van der Waals surface area contributed by atoms with Crippen molar-refractivity contribution in [2.45, 2.75) is 0 Å². The monoisotopic (exact) mass is 740 g/mol. The molecule has 0 fully saturated rings. The number of hydrogen-bond donors (Lipinski definition) is 0. The number of benzene rings is 9. The highest BCUT2D eigenvalue weighted by atomic mass is 16.4. The summed E-state index contributed by atoms with van der Waals surface area (Å²) in [6, 6.07) is 69.5. The summed E-state index contributed by atoms with van der Waals surface area (Å²) in [5.41, 5.74) is 14.5. The van der Waals surface area contributed by atoms with Crippen molar-refractivity contribution < 1.29 is 8.83 Å². The number of fused-ring (bicyclic) bond motifs is 13. The van der Waals surface area contributed by atoms with Crippen LogP contribution in [-0.2, 0) is 0 Å². The first kappa shape index (κ1) is 31.4. The minimum atomic E-state index is 0.752. The zero-order valence-electron chi connectivity index (χ0n) is 31.2. The molecule has 0 aliphatic rings. The summed E-state index contributed by atoms with van der Waals surface area (Å²) in [7, 11) is 0. The lowest BCUT2D eigenvalue weighted by Crippen LogP contribution is -1.97. The minimum Gasteiger partial charge on any atom is -0.452 e. The van der Waals surface area contributed by atoms with Crippen molar-refractivity contribution in [3.63, 3.8) is 0 Å². The molecule has 0 unspecified atom stereocenters. The van der Waals surface area contributed by atoms with Crippen LogP contribution in [0.25, 0.3) is 121 Å². The third kappa shape index (κ3) is 4.34. The van der Waals surface area contributed by atoms with E-state index in [9.17, 15) is 0 Å². The molecule has 4 aromatic heterocycles. The number of furan rings is 2. The third-order valence-corrected chi connectivity index (χ3v) is 12.1. The summed E-state index contributed by atoms with van der Waals surface area (Å²) in [5, 5.41) is 9.06. The van der Waals surface area contributed by atoms with Gasteiger partial charge >= 0.3 is 0 Å². The van der Waals surface area contributed by atoms with Gasteiger partial charge in [0.05, 0.1) is 33.4 Å². The second kappa shape index (κ2) is 11.8. The Morgan fingerprint density at radius 1 is 0.276 bits per heavy atom. The number of aromatic nitrogens is 2. The second-order valence-electron chi connectivity index (χ2n) is 15.2. The summed E-state index contributed by atoms with van der Waals surface area (Å²) in [6.45, 7) is 0. The molecule has 13 rings (SSSR count). The molecule has 0 atom stereocenters. The zero-order valence-corrected chi connectivity index (χ0v) is 31.2. The molecule has 4 heterocycles. The Kier molecular flexibility index (Phi) is 6.41. The molecule has 0 spiro atoms. The van der Waals surface area contributed by atoms with E-state index in [0.717, 1.165) is 77.5 Å². The second-order valence-corrected chi connectivity index (χ2v) is 15.2. The average molecular weight is 741 g/mol. The Morgan fingerprint density at radius 2 is 0.603 bits per heavy atom. The molecular weight excluding hydrogens is 709 g/mol.